The first-order valence-electron chi connectivity index (χ1n) is 5.59. The Morgan fingerprint density at radius 2 is 2.15 bits per heavy atom. The standard InChI is InChI=1S/C11H22FN/c1-3-10-5-6-11(9(10)2)13-8-4-7-12/h9-11,13H,3-8H2,1-2H3. The largest absolute Gasteiger partial charge is 0.314 e. The highest BCUT2D eigenvalue weighted by molar-refractivity contribution is 4.86. The molecule has 13 heavy (non-hydrogen) atoms. The molecule has 3 atom stereocenters. The van der Waals surface area contributed by atoms with Gasteiger partial charge in [0.1, 0.15) is 0 Å². The van der Waals surface area contributed by atoms with E-state index in [1.165, 1.54) is 19.3 Å². The summed E-state index contributed by atoms with van der Waals surface area (Å²) in [5.74, 6) is 1.67. The molecular weight excluding hydrogens is 165 g/mol. The Bertz CT molecular complexity index is 138. The molecule has 1 N–H and O–H groups in total. The fraction of sp³-hybridized carbons (Fsp3) is 1.00. The highest BCUT2D eigenvalue weighted by atomic mass is 19.1. The molecule has 2 heteroatoms. The van der Waals surface area contributed by atoms with Crippen molar-refractivity contribution in [2.45, 2.75) is 45.6 Å². The number of hydrogen-bond donors (Lipinski definition) is 1. The van der Waals surface area contributed by atoms with Crippen LogP contribution in [0.3, 0.4) is 0 Å². The zero-order valence-corrected chi connectivity index (χ0v) is 8.85. The van der Waals surface area contributed by atoms with Crippen molar-refractivity contribution in [3.8, 4) is 0 Å². The van der Waals surface area contributed by atoms with Gasteiger partial charge in [-0.15, -0.1) is 0 Å². The molecule has 0 radical (unpaired) electrons. The lowest BCUT2D eigenvalue weighted by Gasteiger charge is -2.20. The van der Waals surface area contributed by atoms with Crippen molar-refractivity contribution in [3.05, 3.63) is 0 Å². The van der Waals surface area contributed by atoms with Gasteiger partial charge in [-0.1, -0.05) is 20.3 Å². The molecule has 0 bridgehead atoms. The second kappa shape index (κ2) is 5.58. The molecule has 1 fully saturated rings. The fourth-order valence-corrected chi connectivity index (χ4v) is 2.47. The molecule has 0 aromatic rings. The molecule has 1 aliphatic carbocycles. The van der Waals surface area contributed by atoms with E-state index >= 15 is 0 Å². The molecular formula is C11H22FN. The Morgan fingerprint density at radius 1 is 1.38 bits per heavy atom. The summed E-state index contributed by atoms with van der Waals surface area (Å²) in [4.78, 5) is 0. The van der Waals surface area contributed by atoms with Gasteiger partial charge >= 0.3 is 0 Å². The number of alkyl halides is 1. The monoisotopic (exact) mass is 187 g/mol. The van der Waals surface area contributed by atoms with Crippen LogP contribution in [0.4, 0.5) is 4.39 Å². The lowest BCUT2D eigenvalue weighted by atomic mass is 9.93. The average Bonchev–Trinajstić information content (AvgIpc) is 2.48. The van der Waals surface area contributed by atoms with E-state index in [1.807, 2.05) is 0 Å². The molecule has 78 valence electrons. The van der Waals surface area contributed by atoms with Crippen LogP contribution in [0, 0.1) is 11.8 Å². The lowest BCUT2D eigenvalue weighted by Crippen LogP contribution is -2.33. The van der Waals surface area contributed by atoms with Gasteiger partial charge in [0, 0.05) is 6.04 Å². The minimum atomic E-state index is -0.189. The van der Waals surface area contributed by atoms with Gasteiger partial charge in [0.05, 0.1) is 6.67 Å². The average molecular weight is 187 g/mol. The second-order valence-electron chi connectivity index (χ2n) is 4.21. The third-order valence-corrected chi connectivity index (χ3v) is 3.47. The van der Waals surface area contributed by atoms with Gasteiger partial charge in [0.15, 0.2) is 0 Å². The summed E-state index contributed by atoms with van der Waals surface area (Å²) in [6, 6.07) is 0.650. The zero-order chi connectivity index (χ0) is 9.68. The lowest BCUT2D eigenvalue weighted by molar-refractivity contribution is 0.339. The Morgan fingerprint density at radius 3 is 2.69 bits per heavy atom. The van der Waals surface area contributed by atoms with Crippen LogP contribution >= 0.6 is 0 Å². The molecule has 1 saturated carbocycles. The van der Waals surface area contributed by atoms with Gasteiger partial charge in [-0.05, 0) is 37.6 Å². The molecule has 0 aliphatic heterocycles. The van der Waals surface area contributed by atoms with Crippen LogP contribution in [0.2, 0.25) is 0 Å². The van der Waals surface area contributed by atoms with Gasteiger partial charge in [0.2, 0.25) is 0 Å². The van der Waals surface area contributed by atoms with Gasteiger partial charge in [-0.25, -0.2) is 0 Å². The normalized spacial score (nSPS) is 33.9. The fourth-order valence-electron chi connectivity index (χ4n) is 2.47. The van der Waals surface area contributed by atoms with Crippen molar-refractivity contribution in [1.82, 2.24) is 5.32 Å². The van der Waals surface area contributed by atoms with E-state index in [-0.39, 0.29) is 6.67 Å². The SMILES string of the molecule is CCC1CCC(NCCCF)C1C. The molecule has 0 amide bonds. The molecule has 0 aromatic heterocycles. The van der Waals surface area contributed by atoms with Crippen molar-refractivity contribution in [2.24, 2.45) is 11.8 Å². The minimum Gasteiger partial charge on any atom is -0.314 e. The van der Waals surface area contributed by atoms with Gasteiger partial charge < -0.3 is 5.32 Å². The summed E-state index contributed by atoms with van der Waals surface area (Å²) in [5.41, 5.74) is 0. The summed E-state index contributed by atoms with van der Waals surface area (Å²) in [6.07, 6.45) is 4.60. The van der Waals surface area contributed by atoms with Crippen molar-refractivity contribution in [1.29, 1.82) is 0 Å². The molecule has 1 nitrogen and oxygen atoms in total. The summed E-state index contributed by atoms with van der Waals surface area (Å²) >= 11 is 0. The number of rotatable bonds is 5. The smallest absolute Gasteiger partial charge is 0.0906 e. The predicted octanol–water partition coefficient (Wildman–Crippen LogP) is 2.76. The molecule has 3 unspecified atom stereocenters. The molecule has 1 aliphatic rings. The van der Waals surface area contributed by atoms with Crippen molar-refractivity contribution < 1.29 is 4.39 Å². The van der Waals surface area contributed by atoms with Crippen LogP contribution in [-0.4, -0.2) is 19.3 Å². The molecule has 0 aromatic carbocycles. The Labute approximate surface area is 81.1 Å². The first-order chi connectivity index (χ1) is 6.29. The van der Waals surface area contributed by atoms with Crippen LogP contribution < -0.4 is 5.32 Å². The Hall–Kier alpha value is -0.110. The number of nitrogens with one attached hydrogen (secondary N) is 1. The van der Waals surface area contributed by atoms with E-state index in [9.17, 15) is 4.39 Å². The third kappa shape index (κ3) is 2.94. The van der Waals surface area contributed by atoms with Crippen molar-refractivity contribution in [2.75, 3.05) is 13.2 Å². The van der Waals surface area contributed by atoms with E-state index in [2.05, 4.69) is 19.2 Å². The van der Waals surface area contributed by atoms with E-state index in [0.29, 0.717) is 12.5 Å². The molecule has 0 heterocycles. The van der Waals surface area contributed by atoms with Crippen LogP contribution in [0.5, 0.6) is 0 Å². The van der Waals surface area contributed by atoms with E-state index in [1.54, 1.807) is 0 Å². The van der Waals surface area contributed by atoms with Crippen molar-refractivity contribution >= 4 is 0 Å². The second-order valence-corrected chi connectivity index (χ2v) is 4.21. The third-order valence-electron chi connectivity index (χ3n) is 3.47. The highest BCUT2D eigenvalue weighted by Crippen LogP contribution is 2.33. The van der Waals surface area contributed by atoms with Crippen LogP contribution in [0.25, 0.3) is 0 Å². The molecule has 0 saturated heterocycles. The summed E-state index contributed by atoms with van der Waals surface area (Å²) < 4.78 is 11.9. The van der Waals surface area contributed by atoms with E-state index in [4.69, 9.17) is 0 Å². The van der Waals surface area contributed by atoms with Crippen LogP contribution in [0.1, 0.15) is 39.5 Å². The zero-order valence-electron chi connectivity index (χ0n) is 8.85. The number of halogens is 1. The maximum atomic E-state index is 11.9. The molecule has 0 spiro atoms. The first kappa shape index (κ1) is 11.0. The summed E-state index contributed by atoms with van der Waals surface area (Å²) in [5, 5.41) is 3.46. The highest BCUT2D eigenvalue weighted by Gasteiger charge is 2.30. The maximum Gasteiger partial charge on any atom is 0.0906 e. The number of hydrogen-bond acceptors (Lipinski definition) is 1. The van der Waals surface area contributed by atoms with E-state index in [0.717, 1.165) is 18.4 Å². The van der Waals surface area contributed by atoms with Gasteiger partial charge in [-0.3, -0.25) is 4.39 Å². The summed E-state index contributed by atoms with van der Waals surface area (Å²) in [6.45, 7) is 5.26. The van der Waals surface area contributed by atoms with Crippen LogP contribution in [-0.2, 0) is 0 Å². The Balaban J connectivity index is 2.20. The molecule has 1 rings (SSSR count). The topological polar surface area (TPSA) is 12.0 Å². The Kier molecular flexibility index (Phi) is 4.71. The van der Waals surface area contributed by atoms with Crippen molar-refractivity contribution in [3.63, 3.8) is 0 Å². The van der Waals surface area contributed by atoms with Gasteiger partial charge in [-0.2, -0.15) is 0 Å². The summed E-state index contributed by atoms with van der Waals surface area (Å²) in [7, 11) is 0. The van der Waals surface area contributed by atoms with E-state index < -0.39 is 0 Å². The predicted molar refractivity (Wildman–Crippen MR) is 54.6 cm³/mol. The first-order valence-corrected chi connectivity index (χ1v) is 5.59. The minimum absolute atomic E-state index is 0.189. The van der Waals surface area contributed by atoms with Crippen LogP contribution in [0.15, 0.2) is 0 Å². The quantitative estimate of drug-likeness (QED) is 0.653. The maximum absolute atomic E-state index is 11.9. The van der Waals surface area contributed by atoms with Gasteiger partial charge in [0.25, 0.3) is 0 Å².